The number of anilines is 1. The molecule has 0 fully saturated rings. The van der Waals surface area contributed by atoms with Crippen LogP contribution in [-0.4, -0.2) is 44.1 Å². The van der Waals surface area contributed by atoms with E-state index >= 15 is 0 Å². The normalized spacial score (nSPS) is 15.7. The molecule has 170 valence electrons. The van der Waals surface area contributed by atoms with E-state index in [1.54, 1.807) is 12.1 Å². The second-order valence-electron chi connectivity index (χ2n) is 7.93. The number of rotatable bonds is 6. The number of amides is 2. The van der Waals surface area contributed by atoms with Gasteiger partial charge in [-0.2, -0.15) is 5.10 Å². The van der Waals surface area contributed by atoms with Gasteiger partial charge in [0.05, 0.1) is 12.7 Å². The molecule has 0 unspecified atom stereocenters. The molecule has 0 radical (unpaired) electrons. The van der Waals surface area contributed by atoms with Crippen LogP contribution >= 0.6 is 11.6 Å². The molecule has 2 heterocycles. The van der Waals surface area contributed by atoms with Gasteiger partial charge in [-0.15, -0.1) is 0 Å². The van der Waals surface area contributed by atoms with Crippen LogP contribution in [0.25, 0.3) is 4.72 Å². The number of hydrogen-bond donors (Lipinski definition) is 1. The molecule has 1 aromatic carbocycles. The quantitative estimate of drug-likeness (QED) is 0.611. The number of nitrogens with zero attached hydrogens (tertiary/aromatic N) is 3. The van der Waals surface area contributed by atoms with Gasteiger partial charge in [-0.05, 0) is 40.8 Å². The Morgan fingerprint density at radius 2 is 1.88 bits per heavy atom. The van der Waals surface area contributed by atoms with Crippen molar-refractivity contribution >= 4 is 33.3 Å². The summed E-state index contributed by atoms with van der Waals surface area (Å²) in [7, 11) is -2.80. The van der Waals surface area contributed by atoms with E-state index in [9.17, 15) is 13.2 Å². The van der Waals surface area contributed by atoms with Gasteiger partial charge >= 0.3 is 29.6 Å². The molecule has 3 rings (SSSR count). The standard InChI is InChI=1S/C20H27ClN4O5S.Na/c1-11(2)15-6-13(21)7-16(12(3)4)18(15)23-20(26)24-31(27,28)17-8-22-25-9-14(29-5)10-30-19(17)25;/h6-8,11-12,14H,9-10H2,1-5H3,(H2,23,24,26);/q;+1/p-1/t14-;/m1./s1. The predicted molar refractivity (Wildman–Crippen MR) is 118 cm³/mol. The number of hydrogen-bond acceptors (Lipinski definition) is 6. The Morgan fingerprint density at radius 3 is 2.41 bits per heavy atom. The Balaban J connectivity index is 0.00000363. The fourth-order valence-electron chi connectivity index (χ4n) is 3.36. The number of carbonyl (C=O) groups excluding carboxylic acids is 1. The van der Waals surface area contributed by atoms with Crippen LogP contribution in [0.4, 0.5) is 10.5 Å². The molecule has 0 aliphatic carbocycles. The van der Waals surface area contributed by atoms with Gasteiger partial charge in [0, 0.05) is 12.1 Å². The van der Waals surface area contributed by atoms with Crippen molar-refractivity contribution in [3.63, 3.8) is 0 Å². The van der Waals surface area contributed by atoms with Gasteiger partial charge in [-0.1, -0.05) is 39.3 Å². The number of methoxy groups -OCH3 is 1. The molecular formula is C20H26ClN4NaO5S. The molecule has 2 amide bonds. The monoisotopic (exact) mass is 492 g/mol. The minimum atomic E-state index is -4.34. The zero-order valence-corrected chi connectivity index (χ0v) is 22.6. The number of sulfonamides is 1. The van der Waals surface area contributed by atoms with Gasteiger partial charge in [-0.3, -0.25) is 4.79 Å². The number of aromatic nitrogens is 2. The van der Waals surface area contributed by atoms with Crippen molar-refractivity contribution < 1.29 is 52.2 Å². The first-order valence-corrected chi connectivity index (χ1v) is 11.7. The second kappa shape index (κ2) is 10.8. The number of nitrogens with one attached hydrogen (secondary N) is 1. The van der Waals surface area contributed by atoms with Gasteiger partial charge in [0.2, 0.25) is 15.9 Å². The molecule has 32 heavy (non-hydrogen) atoms. The number of fused-ring (bicyclic) bond motifs is 1. The summed E-state index contributed by atoms with van der Waals surface area (Å²) in [5, 5.41) is 7.22. The fourth-order valence-corrected chi connectivity index (χ4v) is 4.53. The third kappa shape index (κ3) is 5.78. The Morgan fingerprint density at radius 1 is 1.28 bits per heavy atom. The Bertz CT molecular complexity index is 1060. The minimum Gasteiger partial charge on any atom is -0.474 e. The van der Waals surface area contributed by atoms with E-state index in [-0.39, 0.29) is 64.9 Å². The van der Waals surface area contributed by atoms with Crippen LogP contribution in [0.2, 0.25) is 5.02 Å². The molecule has 0 saturated carbocycles. The topological polar surface area (TPSA) is 114 Å². The van der Waals surface area contributed by atoms with Crippen molar-refractivity contribution in [2.45, 2.75) is 57.1 Å². The van der Waals surface area contributed by atoms with E-state index in [4.69, 9.17) is 21.1 Å². The summed E-state index contributed by atoms with van der Waals surface area (Å²) >= 11 is 6.24. The van der Waals surface area contributed by atoms with Crippen LogP contribution in [0.5, 0.6) is 5.88 Å². The molecule has 0 bridgehead atoms. The van der Waals surface area contributed by atoms with Gasteiger partial charge < -0.3 is 19.5 Å². The Kier molecular flexibility index (Phi) is 9.05. The minimum absolute atomic E-state index is 0. The number of urea groups is 1. The SMILES string of the molecule is CO[C@H]1COc2c(S(=O)(=O)[N-]C(=O)Nc3c(C(C)C)cc(Cl)cc3C(C)C)cnn2C1.[Na+]. The average molecular weight is 493 g/mol. The van der Waals surface area contributed by atoms with Crippen LogP contribution in [0.15, 0.2) is 23.2 Å². The van der Waals surface area contributed by atoms with Crippen LogP contribution in [0.1, 0.15) is 50.7 Å². The third-order valence-electron chi connectivity index (χ3n) is 5.00. The average Bonchev–Trinajstić information content (AvgIpc) is 3.12. The first-order valence-electron chi connectivity index (χ1n) is 9.87. The molecule has 1 atom stereocenters. The number of halogens is 1. The summed E-state index contributed by atoms with van der Waals surface area (Å²) < 4.78 is 41.1. The van der Waals surface area contributed by atoms with Gasteiger partial charge in [0.25, 0.3) is 0 Å². The summed E-state index contributed by atoms with van der Waals surface area (Å²) in [5.74, 6) is 0.142. The van der Waals surface area contributed by atoms with Crippen molar-refractivity contribution in [3.8, 4) is 5.88 Å². The molecule has 1 N–H and O–H groups in total. The summed E-state index contributed by atoms with van der Waals surface area (Å²) in [5.41, 5.74) is 2.12. The van der Waals surface area contributed by atoms with E-state index < -0.39 is 16.1 Å². The third-order valence-corrected chi connectivity index (χ3v) is 6.46. The van der Waals surface area contributed by atoms with Gasteiger partial charge in [0.15, 0.2) is 10.9 Å². The molecule has 1 aromatic heterocycles. The van der Waals surface area contributed by atoms with E-state index in [0.717, 1.165) is 17.3 Å². The predicted octanol–water partition coefficient (Wildman–Crippen LogP) is 1.49. The van der Waals surface area contributed by atoms with Crippen LogP contribution in [-0.2, 0) is 21.3 Å². The van der Waals surface area contributed by atoms with E-state index in [2.05, 4.69) is 15.1 Å². The van der Waals surface area contributed by atoms with Crippen molar-refractivity contribution in [2.75, 3.05) is 19.0 Å². The first kappa shape index (κ1) is 26.9. The number of carbonyl (C=O) groups is 1. The van der Waals surface area contributed by atoms with Crippen LogP contribution in [0, 0.1) is 0 Å². The van der Waals surface area contributed by atoms with Crippen LogP contribution < -0.4 is 39.6 Å². The zero-order valence-electron chi connectivity index (χ0n) is 19.0. The molecule has 0 saturated heterocycles. The summed E-state index contributed by atoms with van der Waals surface area (Å²) in [6.07, 6.45) is 0.887. The Hall–Kier alpha value is -1.30. The Labute approximate surface area is 215 Å². The molecular weight excluding hydrogens is 467 g/mol. The smallest absolute Gasteiger partial charge is 0.474 e. The molecule has 1 aliphatic heterocycles. The van der Waals surface area contributed by atoms with Crippen molar-refractivity contribution in [2.24, 2.45) is 0 Å². The fraction of sp³-hybridized carbons (Fsp3) is 0.500. The summed E-state index contributed by atoms with van der Waals surface area (Å²) in [6.45, 7) is 8.36. The maximum absolute atomic E-state index is 12.8. The first-order chi connectivity index (χ1) is 14.5. The molecule has 9 nitrogen and oxygen atoms in total. The second-order valence-corrected chi connectivity index (χ2v) is 9.94. The largest absolute Gasteiger partial charge is 1.00 e. The molecule has 12 heteroatoms. The van der Waals surface area contributed by atoms with Gasteiger partial charge in [-0.25, -0.2) is 13.1 Å². The van der Waals surface area contributed by atoms with Crippen molar-refractivity contribution in [1.29, 1.82) is 0 Å². The maximum Gasteiger partial charge on any atom is 1.00 e. The summed E-state index contributed by atoms with van der Waals surface area (Å²) in [4.78, 5) is 12.4. The zero-order chi connectivity index (χ0) is 22.9. The molecule has 2 aromatic rings. The van der Waals surface area contributed by atoms with Crippen molar-refractivity contribution in [3.05, 3.63) is 39.2 Å². The van der Waals surface area contributed by atoms with E-state index in [1.165, 1.54) is 11.8 Å². The number of benzene rings is 1. The summed E-state index contributed by atoms with van der Waals surface area (Å²) in [6, 6.07) is 2.52. The van der Waals surface area contributed by atoms with E-state index in [1.807, 2.05) is 27.7 Å². The van der Waals surface area contributed by atoms with Crippen molar-refractivity contribution in [1.82, 2.24) is 9.78 Å². The van der Waals surface area contributed by atoms with E-state index in [0.29, 0.717) is 17.3 Å². The van der Waals surface area contributed by atoms with Crippen LogP contribution in [0.3, 0.4) is 0 Å². The molecule has 1 aliphatic rings. The van der Waals surface area contributed by atoms with Gasteiger partial charge in [0.1, 0.15) is 12.7 Å². The maximum atomic E-state index is 12.8. The number of ether oxygens (including phenoxy) is 2. The molecule has 0 spiro atoms.